The first kappa shape index (κ1) is 12.1. The molecule has 5 atom stereocenters. The van der Waals surface area contributed by atoms with Crippen LogP contribution in [0, 0.1) is 5.92 Å². The molecule has 2 saturated heterocycles. The van der Waals surface area contributed by atoms with Crippen molar-refractivity contribution in [2.75, 3.05) is 13.2 Å². The van der Waals surface area contributed by atoms with Gasteiger partial charge in [0.2, 0.25) is 0 Å². The van der Waals surface area contributed by atoms with E-state index in [4.69, 9.17) is 14.2 Å². The number of benzene rings is 1. The highest BCUT2D eigenvalue weighted by atomic mass is 16.7. The van der Waals surface area contributed by atoms with Gasteiger partial charge in [-0.05, 0) is 0 Å². The number of rotatable bonds is 1. The van der Waals surface area contributed by atoms with Gasteiger partial charge in [0.05, 0.1) is 19.3 Å². The Morgan fingerprint density at radius 1 is 1.11 bits per heavy atom. The van der Waals surface area contributed by atoms with Gasteiger partial charge < -0.3 is 19.3 Å². The zero-order valence-electron chi connectivity index (χ0n) is 10.4. The van der Waals surface area contributed by atoms with Crippen molar-refractivity contribution in [2.24, 2.45) is 5.92 Å². The Morgan fingerprint density at radius 2 is 1.89 bits per heavy atom. The number of aliphatic hydroxyl groups excluding tert-OH is 1. The average Bonchev–Trinajstić information content (AvgIpc) is 2.44. The van der Waals surface area contributed by atoms with E-state index in [9.17, 15) is 5.11 Å². The molecule has 1 N–H and O–H groups in total. The first-order valence-corrected chi connectivity index (χ1v) is 6.37. The van der Waals surface area contributed by atoms with Crippen molar-refractivity contribution in [1.29, 1.82) is 0 Å². The number of hydrogen-bond acceptors (Lipinski definition) is 4. The molecule has 2 heterocycles. The van der Waals surface area contributed by atoms with Crippen LogP contribution < -0.4 is 0 Å². The van der Waals surface area contributed by atoms with E-state index < -0.39 is 12.4 Å². The zero-order valence-corrected chi connectivity index (χ0v) is 10.4. The van der Waals surface area contributed by atoms with Crippen LogP contribution >= 0.6 is 0 Å². The van der Waals surface area contributed by atoms with E-state index in [1.165, 1.54) is 0 Å². The van der Waals surface area contributed by atoms with Gasteiger partial charge in [-0.1, -0.05) is 37.3 Å². The fourth-order valence-electron chi connectivity index (χ4n) is 2.47. The summed E-state index contributed by atoms with van der Waals surface area (Å²) in [6, 6.07) is 9.78. The Bertz CT molecular complexity index is 392. The lowest BCUT2D eigenvalue weighted by atomic mass is 9.93. The van der Waals surface area contributed by atoms with Gasteiger partial charge in [0, 0.05) is 11.5 Å². The van der Waals surface area contributed by atoms with E-state index >= 15 is 0 Å². The molecule has 1 aromatic carbocycles. The summed E-state index contributed by atoms with van der Waals surface area (Å²) >= 11 is 0. The Hall–Kier alpha value is -0.940. The molecule has 0 amide bonds. The molecule has 2 aliphatic heterocycles. The SMILES string of the molecule is CC1COC2COC(c3ccccc3)O[C@@H]2[C@@H]1O. The second kappa shape index (κ2) is 4.97. The predicted molar refractivity (Wildman–Crippen MR) is 64.9 cm³/mol. The summed E-state index contributed by atoms with van der Waals surface area (Å²) < 4.78 is 17.2. The second-order valence-corrected chi connectivity index (χ2v) is 5.02. The Kier molecular flexibility index (Phi) is 3.35. The predicted octanol–water partition coefficient (Wildman–Crippen LogP) is 1.50. The van der Waals surface area contributed by atoms with Crippen LogP contribution in [-0.4, -0.2) is 36.6 Å². The van der Waals surface area contributed by atoms with Crippen LogP contribution in [-0.2, 0) is 14.2 Å². The molecule has 3 unspecified atom stereocenters. The van der Waals surface area contributed by atoms with Gasteiger partial charge in [-0.3, -0.25) is 0 Å². The zero-order chi connectivity index (χ0) is 12.5. The monoisotopic (exact) mass is 250 g/mol. The maximum atomic E-state index is 10.2. The number of aliphatic hydroxyl groups is 1. The molecular weight excluding hydrogens is 232 g/mol. The van der Waals surface area contributed by atoms with Crippen molar-refractivity contribution < 1.29 is 19.3 Å². The Labute approximate surface area is 106 Å². The highest BCUT2D eigenvalue weighted by molar-refractivity contribution is 5.16. The number of fused-ring (bicyclic) bond motifs is 1. The van der Waals surface area contributed by atoms with Crippen LogP contribution in [0.3, 0.4) is 0 Å². The lowest BCUT2D eigenvalue weighted by Gasteiger charge is -2.44. The van der Waals surface area contributed by atoms with Gasteiger partial charge in [0.25, 0.3) is 0 Å². The molecular formula is C14H18O4. The molecule has 0 saturated carbocycles. The van der Waals surface area contributed by atoms with E-state index in [2.05, 4.69) is 0 Å². The van der Waals surface area contributed by atoms with Gasteiger partial charge in [0.1, 0.15) is 12.2 Å². The maximum absolute atomic E-state index is 10.2. The van der Waals surface area contributed by atoms with Crippen molar-refractivity contribution in [3.05, 3.63) is 35.9 Å². The van der Waals surface area contributed by atoms with Crippen molar-refractivity contribution in [3.63, 3.8) is 0 Å². The van der Waals surface area contributed by atoms with Crippen LogP contribution in [0.4, 0.5) is 0 Å². The third-order valence-corrected chi connectivity index (χ3v) is 3.62. The first-order chi connectivity index (χ1) is 8.75. The van der Waals surface area contributed by atoms with E-state index in [1.807, 2.05) is 37.3 Å². The molecule has 2 fully saturated rings. The maximum Gasteiger partial charge on any atom is 0.184 e. The molecule has 0 spiro atoms. The number of hydrogen-bond donors (Lipinski definition) is 1. The smallest absolute Gasteiger partial charge is 0.184 e. The Morgan fingerprint density at radius 3 is 2.67 bits per heavy atom. The molecule has 1 aromatic rings. The van der Waals surface area contributed by atoms with Crippen LogP contribution in [0.1, 0.15) is 18.8 Å². The first-order valence-electron chi connectivity index (χ1n) is 6.37. The molecule has 4 heteroatoms. The molecule has 2 aliphatic rings. The minimum atomic E-state index is -0.487. The minimum absolute atomic E-state index is 0.0979. The summed E-state index contributed by atoms with van der Waals surface area (Å²) in [5, 5.41) is 10.2. The van der Waals surface area contributed by atoms with Crippen LogP contribution in [0.25, 0.3) is 0 Å². The quantitative estimate of drug-likeness (QED) is 0.820. The molecule has 18 heavy (non-hydrogen) atoms. The summed E-state index contributed by atoms with van der Waals surface area (Å²) in [5.74, 6) is 0.0979. The van der Waals surface area contributed by atoms with Crippen LogP contribution in [0.2, 0.25) is 0 Å². The van der Waals surface area contributed by atoms with Gasteiger partial charge >= 0.3 is 0 Å². The topological polar surface area (TPSA) is 47.9 Å². The van der Waals surface area contributed by atoms with Gasteiger partial charge in [-0.2, -0.15) is 0 Å². The summed E-state index contributed by atoms with van der Waals surface area (Å²) in [7, 11) is 0. The molecule has 0 aromatic heterocycles. The van der Waals surface area contributed by atoms with Crippen molar-refractivity contribution in [1.82, 2.24) is 0 Å². The largest absolute Gasteiger partial charge is 0.390 e. The van der Waals surface area contributed by atoms with Gasteiger partial charge in [-0.25, -0.2) is 0 Å². The van der Waals surface area contributed by atoms with Crippen LogP contribution in [0.5, 0.6) is 0 Å². The van der Waals surface area contributed by atoms with E-state index in [0.717, 1.165) is 5.56 Å². The molecule has 4 nitrogen and oxygen atoms in total. The van der Waals surface area contributed by atoms with Gasteiger partial charge in [0.15, 0.2) is 6.29 Å². The van der Waals surface area contributed by atoms with Crippen molar-refractivity contribution in [3.8, 4) is 0 Å². The van der Waals surface area contributed by atoms with E-state index in [-0.39, 0.29) is 18.1 Å². The minimum Gasteiger partial charge on any atom is -0.390 e. The normalized spacial score (nSPS) is 40.2. The van der Waals surface area contributed by atoms with E-state index in [1.54, 1.807) is 0 Å². The number of ether oxygens (including phenoxy) is 3. The standard InChI is InChI=1S/C14H18O4/c1-9-7-16-11-8-17-14(18-13(11)12(9)15)10-5-3-2-4-6-10/h2-6,9,11-15H,7-8H2,1H3/t9?,11?,12-,13+,14?/m1/s1. The highest BCUT2D eigenvalue weighted by Gasteiger charge is 2.43. The lowest BCUT2D eigenvalue weighted by molar-refractivity contribution is -0.307. The second-order valence-electron chi connectivity index (χ2n) is 5.02. The molecule has 0 radical (unpaired) electrons. The Balaban J connectivity index is 1.75. The van der Waals surface area contributed by atoms with Gasteiger partial charge in [-0.15, -0.1) is 0 Å². The summed E-state index contributed by atoms with van der Waals surface area (Å²) in [6.07, 6.45) is -1.35. The van der Waals surface area contributed by atoms with Crippen molar-refractivity contribution in [2.45, 2.75) is 31.5 Å². The molecule has 0 bridgehead atoms. The fourth-order valence-corrected chi connectivity index (χ4v) is 2.47. The molecule has 0 aliphatic carbocycles. The summed E-state index contributed by atoms with van der Waals surface area (Å²) in [4.78, 5) is 0. The average molecular weight is 250 g/mol. The van der Waals surface area contributed by atoms with E-state index in [0.29, 0.717) is 13.2 Å². The molecule has 98 valence electrons. The third kappa shape index (κ3) is 2.17. The highest BCUT2D eigenvalue weighted by Crippen LogP contribution is 2.33. The van der Waals surface area contributed by atoms with Crippen LogP contribution in [0.15, 0.2) is 30.3 Å². The third-order valence-electron chi connectivity index (χ3n) is 3.62. The summed E-state index contributed by atoms with van der Waals surface area (Å²) in [6.45, 7) is 3.00. The molecule has 3 rings (SSSR count). The lowest BCUT2D eigenvalue weighted by Crippen LogP contribution is -2.55. The van der Waals surface area contributed by atoms with Crippen molar-refractivity contribution >= 4 is 0 Å². The fraction of sp³-hybridized carbons (Fsp3) is 0.571. The summed E-state index contributed by atoms with van der Waals surface area (Å²) in [5.41, 5.74) is 0.973.